The van der Waals surface area contributed by atoms with Gasteiger partial charge in [0.2, 0.25) is 5.91 Å². The number of hydrogen-bond donors (Lipinski definition) is 6. The Labute approximate surface area is 241 Å². The molecule has 4 aromatic rings. The number of hydrogen-bond acceptors (Lipinski definition) is 6. The van der Waals surface area contributed by atoms with Crippen molar-refractivity contribution in [2.75, 3.05) is 19.7 Å². The van der Waals surface area contributed by atoms with E-state index in [2.05, 4.69) is 49.4 Å². The van der Waals surface area contributed by atoms with Crippen LogP contribution in [0, 0.1) is 0 Å². The average molecular weight is 557 g/mol. The highest BCUT2D eigenvalue weighted by Crippen LogP contribution is 2.24. The molecule has 216 valence electrons. The minimum Gasteiger partial charge on any atom is -0.395 e. The predicted octanol–water partition coefficient (Wildman–Crippen LogP) is 3.75. The molecular formula is C32H40N6O3. The molecule has 41 heavy (non-hydrogen) atoms. The summed E-state index contributed by atoms with van der Waals surface area (Å²) >= 11 is 0. The minimum absolute atomic E-state index is 0.0521. The van der Waals surface area contributed by atoms with Crippen LogP contribution in [0.15, 0.2) is 79.1 Å². The molecule has 3 atom stereocenters. The van der Waals surface area contributed by atoms with Gasteiger partial charge < -0.3 is 31.4 Å². The van der Waals surface area contributed by atoms with Crippen molar-refractivity contribution in [2.24, 2.45) is 0 Å². The number of carbonyl (C=O) groups excluding carboxylic acids is 2. The summed E-state index contributed by atoms with van der Waals surface area (Å²) in [5.41, 5.74) is 2.55. The Bertz CT molecular complexity index is 1390. The normalized spacial score (nSPS) is 13.4. The number of H-pyrrole nitrogens is 1. The van der Waals surface area contributed by atoms with E-state index in [1.54, 1.807) is 24.5 Å². The first-order valence-corrected chi connectivity index (χ1v) is 14.2. The number of nitrogens with one attached hydrogen (secondary N) is 5. The molecule has 0 bridgehead atoms. The van der Waals surface area contributed by atoms with Gasteiger partial charge in [-0.3, -0.25) is 9.59 Å². The first-order valence-electron chi connectivity index (χ1n) is 14.2. The Kier molecular flexibility index (Phi) is 11.0. The quantitative estimate of drug-likeness (QED) is 0.124. The number of nitrogens with zero attached hydrogens (tertiary/aromatic N) is 1. The van der Waals surface area contributed by atoms with Crippen molar-refractivity contribution in [1.29, 1.82) is 0 Å². The van der Waals surface area contributed by atoms with Gasteiger partial charge in [0.1, 0.15) is 11.9 Å². The van der Waals surface area contributed by atoms with E-state index in [1.807, 2.05) is 50.2 Å². The van der Waals surface area contributed by atoms with Crippen LogP contribution < -0.4 is 21.3 Å². The third-order valence-corrected chi connectivity index (χ3v) is 7.16. The Balaban J connectivity index is 1.39. The van der Waals surface area contributed by atoms with Gasteiger partial charge in [0.15, 0.2) is 0 Å². The van der Waals surface area contributed by atoms with Crippen LogP contribution in [-0.4, -0.2) is 52.6 Å². The summed E-state index contributed by atoms with van der Waals surface area (Å²) in [5, 5.41) is 23.8. The van der Waals surface area contributed by atoms with E-state index in [0.717, 1.165) is 27.7 Å². The number of rotatable bonds is 15. The summed E-state index contributed by atoms with van der Waals surface area (Å²) in [4.78, 5) is 34.0. The van der Waals surface area contributed by atoms with Gasteiger partial charge in [-0.15, -0.1) is 0 Å². The largest absolute Gasteiger partial charge is 0.395 e. The number of carbonyl (C=O) groups is 2. The van der Waals surface area contributed by atoms with Crippen LogP contribution in [0.4, 0.5) is 0 Å². The number of aliphatic hydroxyl groups is 1. The fourth-order valence-electron chi connectivity index (χ4n) is 4.82. The first kappa shape index (κ1) is 29.9. The zero-order chi connectivity index (χ0) is 29.0. The van der Waals surface area contributed by atoms with Crippen molar-refractivity contribution < 1.29 is 14.7 Å². The van der Waals surface area contributed by atoms with Crippen LogP contribution in [0.2, 0.25) is 0 Å². The zero-order valence-corrected chi connectivity index (χ0v) is 23.7. The Morgan fingerprint density at radius 1 is 0.927 bits per heavy atom. The molecule has 0 radical (unpaired) electrons. The highest BCUT2D eigenvalue weighted by molar-refractivity contribution is 5.97. The van der Waals surface area contributed by atoms with E-state index in [4.69, 9.17) is 5.11 Å². The molecule has 1 heterocycles. The second-order valence-electron chi connectivity index (χ2n) is 10.2. The molecule has 0 saturated carbocycles. The van der Waals surface area contributed by atoms with E-state index in [-0.39, 0.29) is 30.5 Å². The molecule has 0 aliphatic rings. The maximum absolute atomic E-state index is 13.4. The Hall–Kier alpha value is -4.05. The topological polar surface area (TPSA) is 131 Å². The average Bonchev–Trinajstić information content (AvgIpc) is 3.54. The van der Waals surface area contributed by atoms with E-state index in [9.17, 15) is 9.59 Å². The van der Waals surface area contributed by atoms with Gasteiger partial charge in [0.05, 0.1) is 18.7 Å². The number of benzene rings is 3. The monoisotopic (exact) mass is 556 g/mol. The third kappa shape index (κ3) is 8.47. The summed E-state index contributed by atoms with van der Waals surface area (Å²) in [7, 11) is 0. The molecule has 0 spiro atoms. The van der Waals surface area contributed by atoms with Crippen molar-refractivity contribution in [3.05, 3.63) is 102 Å². The van der Waals surface area contributed by atoms with Crippen LogP contribution in [-0.2, 0) is 11.3 Å². The van der Waals surface area contributed by atoms with E-state index in [0.29, 0.717) is 38.0 Å². The van der Waals surface area contributed by atoms with Crippen LogP contribution in [0.5, 0.6) is 0 Å². The molecule has 1 aromatic heterocycles. The Morgan fingerprint density at radius 3 is 2.46 bits per heavy atom. The molecule has 0 aliphatic heterocycles. The molecule has 0 saturated heterocycles. The summed E-state index contributed by atoms with van der Waals surface area (Å²) in [5.74, 6) is 0.343. The fourth-order valence-corrected chi connectivity index (χ4v) is 4.82. The molecule has 9 heteroatoms. The van der Waals surface area contributed by atoms with Gasteiger partial charge in [0, 0.05) is 31.0 Å². The Morgan fingerprint density at radius 2 is 1.71 bits per heavy atom. The van der Waals surface area contributed by atoms with Crippen LogP contribution in [0.1, 0.15) is 66.1 Å². The van der Waals surface area contributed by atoms with Crippen molar-refractivity contribution in [3.8, 4) is 0 Å². The van der Waals surface area contributed by atoms with Crippen molar-refractivity contribution in [1.82, 2.24) is 31.2 Å². The highest BCUT2D eigenvalue weighted by atomic mass is 16.3. The van der Waals surface area contributed by atoms with Gasteiger partial charge in [-0.2, -0.15) is 0 Å². The maximum Gasteiger partial charge on any atom is 0.251 e. The standard InChI is InChI=1S/C32H40N6O3/c1-22(27-10-5-8-25-7-3-4-9-28(25)27)37-32(41)29(11-6-16-33-19-20-39)38-31(40)26-14-12-24(13-15-26)21-36-23(2)30-34-17-18-35-30/h3-5,7-10,12-15,17-18,22-23,29,33,36,39H,6,11,16,19-21H2,1-2H3,(H,34,35)(H,37,41)(H,38,40)/t22-,23?,29-/m0/s1. The fraction of sp³-hybridized carbons (Fsp3) is 0.344. The van der Waals surface area contributed by atoms with Crippen LogP contribution in [0.3, 0.4) is 0 Å². The molecule has 1 unspecified atom stereocenters. The van der Waals surface area contributed by atoms with Gasteiger partial charge in [-0.05, 0) is 67.3 Å². The molecule has 0 fully saturated rings. The van der Waals surface area contributed by atoms with Gasteiger partial charge in [0.25, 0.3) is 5.91 Å². The minimum atomic E-state index is -0.702. The second-order valence-corrected chi connectivity index (χ2v) is 10.2. The summed E-state index contributed by atoms with van der Waals surface area (Å²) in [6.07, 6.45) is 4.65. The van der Waals surface area contributed by atoms with Gasteiger partial charge in [-0.25, -0.2) is 4.98 Å². The van der Waals surface area contributed by atoms with Gasteiger partial charge in [-0.1, -0.05) is 54.6 Å². The molecule has 9 nitrogen and oxygen atoms in total. The van der Waals surface area contributed by atoms with Crippen molar-refractivity contribution in [2.45, 2.75) is 51.4 Å². The summed E-state index contributed by atoms with van der Waals surface area (Å²) < 4.78 is 0. The number of aromatic amines is 1. The zero-order valence-electron chi connectivity index (χ0n) is 23.7. The lowest BCUT2D eigenvalue weighted by Gasteiger charge is -2.23. The molecule has 0 aliphatic carbocycles. The number of amides is 2. The van der Waals surface area contributed by atoms with E-state index >= 15 is 0 Å². The lowest BCUT2D eigenvalue weighted by atomic mass is 9.99. The smallest absolute Gasteiger partial charge is 0.251 e. The molecule has 2 amide bonds. The predicted molar refractivity (Wildman–Crippen MR) is 161 cm³/mol. The van der Waals surface area contributed by atoms with Crippen molar-refractivity contribution in [3.63, 3.8) is 0 Å². The third-order valence-electron chi connectivity index (χ3n) is 7.16. The van der Waals surface area contributed by atoms with Crippen LogP contribution >= 0.6 is 0 Å². The molecule has 3 aromatic carbocycles. The number of fused-ring (bicyclic) bond motifs is 1. The lowest BCUT2D eigenvalue weighted by Crippen LogP contribution is -2.47. The second kappa shape index (κ2) is 15.1. The molecular weight excluding hydrogens is 516 g/mol. The molecule has 6 N–H and O–H groups in total. The SMILES string of the molecule is CC(NCc1ccc(C(=O)N[C@@H](CCCNCCO)C(=O)N[C@@H](C)c2cccc3ccccc23)cc1)c1ncc[nH]1. The van der Waals surface area contributed by atoms with Crippen LogP contribution in [0.25, 0.3) is 10.8 Å². The maximum atomic E-state index is 13.4. The number of imidazole rings is 1. The van der Waals surface area contributed by atoms with E-state index in [1.165, 1.54) is 0 Å². The first-order chi connectivity index (χ1) is 20.0. The summed E-state index contributed by atoms with van der Waals surface area (Å²) in [6, 6.07) is 20.7. The molecule has 4 rings (SSSR count). The van der Waals surface area contributed by atoms with Crippen molar-refractivity contribution >= 4 is 22.6 Å². The number of aromatic nitrogens is 2. The van der Waals surface area contributed by atoms with E-state index < -0.39 is 6.04 Å². The summed E-state index contributed by atoms with van der Waals surface area (Å²) in [6.45, 7) is 5.80. The number of aliphatic hydroxyl groups excluding tert-OH is 1. The lowest BCUT2D eigenvalue weighted by molar-refractivity contribution is -0.123. The van der Waals surface area contributed by atoms with Gasteiger partial charge >= 0.3 is 0 Å². The highest BCUT2D eigenvalue weighted by Gasteiger charge is 2.23.